The minimum Gasteiger partial charge on any atom is -0.490 e. The van der Waals surface area contributed by atoms with E-state index in [-0.39, 0.29) is 57.0 Å². The van der Waals surface area contributed by atoms with Crippen LogP contribution in [0.4, 0.5) is 14.6 Å². The second kappa shape index (κ2) is 7.58. The van der Waals surface area contributed by atoms with Crippen LogP contribution in [0.3, 0.4) is 0 Å². The van der Waals surface area contributed by atoms with Gasteiger partial charge >= 0.3 is 0 Å². The smallest absolute Gasteiger partial charge is 0.260 e. The highest BCUT2D eigenvalue weighted by molar-refractivity contribution is 5.85. The van der Waals surface area contributed by atoms with Gasteiger partial charge in [-0.3, -0.25) is 9.78 Å². The van der Waals surface area contributed by atoms with Gasteiger partial charge in [0, 0.05) is 43.9 Å². The van der Waals surface area contributed by atoms with Gasteiger partial charge in [-0.1, -0.05) is 0 Å². The molecular weight excluding hydrogens is 382 g/mol. The van der Waals surface area contributed by atoms with E-state index in [1.807, 2.05) is 6.07 Å². The fourth-order valence-corrected chi connectivity index (χ4v) is 3.68. The zero-order valence-corrected chi connectivity index (χ0v) is 15.5. The molecule has 0 bridgehead atoms. The predicted molar refractivity (Wildman–Crippen MR) is 97.1 cm³/mol. The number of nitriles is 1. The molecule has 150 valence electrons. The highest BCUT2D eigenvalue weighted by Gasteiger charge is 2.45. The van der Waals surface area contributed by atoms with Crippen LogP contribution in [0.25, 0.3) is 0 Å². The molecule has 29 heavy (non-hydrogen) atoms. The first-order valence-corrected chi connectivity index (χ1v) is 9.20. The molecule has 0 radical (unpaired) electrons. The fraction of sp³-hybridized carbons (Fsp3) is 0.421. The highest BCUT2D eigenvalue weighted by atomic mass is 19.1. The Hall–Kier alpha value is -3.35. The number of rotatable bonds is 2. The number of anilines is 1. The van der Waals surface area contributed by atoms with Gasteiger partial charge in [0.05, 0.1) is 19.3 Å². The van der Waals surface area contributed by atoms with E-state index in [1.165, 1.54) is 23.6 Å². The zero-order valence-electron chi connectivity index (χ0n) is 15.5. The van der Waals surface area contributed by atoms with Crippen LogP contribution in [0.1, 0.15) is 24.0 Å². The summed E-state index contributed by atoms with van der Waals surface area (Å²) in [6.45, 7) is 0.807. The molecule has 4 rings (SSSR count). The van der Waals surface area contributed by atoms with Gasteiger partial charge in [-0.2, -0.15) is 5.26 Å². The molecule has 2 aliphatic rings. The number of hydrogen-bond acceptors (Lipinski definition) is 7. The van der Waals surface area contributed by atoms with E-state index < -0.39 is 17.4 Å². The van der Waals surface area contributed by atoms with Gasteiger partial charge in [-0.05, 0) is 0 Å². The lowest BCUT2D eigenvalue weighted by molar-refractivity contribution is -0.146. The van der Waals surface area contributed by atoms with E-state index in [2.05, 4.69) is 15.0 Å². The number of halogens is 2. The van der Waals surface area contributed by atoms with Crippen LogP contribution in [0.15, 0.2) is 24.9 Å². The Labute approximate surface area is 165 Å². The number of pyridine rings is 1. The van der Waals surface area contributed by atoms with E-state index in [0.717, 1.165) is 6.20 Å². The van der Waals surface area contributed by atoms with Gasteiger partial charge < -0.3 is 14.5 Å². The number of nitrogens with zero attached hydrogens (tertiary/aromatic N) is 6. The summed E-state index contributed by atoms with van der Waals surface area (Å²) in [7, 11) is 0. The van der Waals surface area contributed by atoms with Gasteiger partial charge in [0.2, 0.25) is 0 Å². The van der Waals surface area contributed by atoms with E-state index in [1.54, 1.807) is 4.90 Å². The first kappa shape index (κ1) is 19.0. The van der Waals surface area contributed by atoms with E-state index in [9.17, 15) is 14.4 Å². The summed E-state index contributed by atoms with van der Waals surface area (Å²) in [5.41, 5.74) is -1.20. The van der Waals surface area contributed by atoms with Crippen LogP contribution in [-0.4, -0.2) is 57.7 Å². The van der Waals surface area contributed by atoms with Crippen molar-refractivity contribution in [3.05, 3.63) is 41.9 Å². The van der Waals surface area contributed by atoms with Crippen molar-refractivity contribution in [3.63, 3.8) is 0 Å². The molecule has 0 atom stereocenters. The maximum absolute atomic E-state index is 15.5. The molecular formula is C19H18F2N6O2. The van der Waals surface area contributed by atoms with Gasteiger partial charge in [0.25, 0.3) is 5.91 Å². The lowest BCUT2D eigenvalue weighted by Gasteiger charge is -2.38. The molecule has 0 aromatic carbocycles. The van der Waals surface area contributed by atoms with Crippen LogP contribution in [0.2, 0.25) is 0 Å². The van der Waals surface area contributed by atoms with Crippen LogP contribution in [-0.2, 0) is 11.3 Å². The molecule has 1 amide bonds. The number of carbonyl (C=O) groups excluding carboxylic acids is 1. The number of ether oxygens (including phenoxy) is 1. The lowest BCUT2D eigenvalue weighted by atomic mass is 9.91. The van der Waals surface area contributed by atoms with Gasteiger partial charge in [-0.15, -0.1) is 0 Å². The van der Waals surface area contributed by atoms with E-state index in [4.69, 9.17) is 4.74 Å². The quantitative estimate of drug-likeness (QED) is 0.756. The van der Waals surface area contributed by atoms with Crippen molar-refractivity contribution < 1.29 is 18.3 Å². The number of fused-ring (bicyclic) bond motifs is 1. The van der Waals surface area contributed by atoms with Crippen molar-refractivity contribution >= 4 is 11.7 Å². The Kier molecular flexibility index (Phi) is 4.96. The molecule has 0 spiro atoms. The third-order valence-corrected chi connectivity index (χ3v) is 5.23. The number of amides is 1. The number of carbonyl (C=O) groups is 1. The Bertz CT molecular complexity index is 971. The molecule has 8 nitrogen and oxygen atoms in total. The minimum absolute atomic E-state index is 0.0734. The summed E-state index contributed by atoms with van der Waals surface area (Å²) in [6.07, 6.45) is 5.07. The van der Waals surface area contributed by atoms with Gasteiger partial charge in [0.15, 0.2) is 17.3 Å². The molecule has 2 aromatic heterocycles. The van der Waals surface area contributed by atoms with E-state index in [0.29, 0.717) is 11.3 Å². The summed E-state index contributed by atoms with van der Waals surface area (Å²) in [5.74, 6) is -0.701. The summed E-state index contributed by atoms with van der Waals surface area (Å²) in [4.78, 5) is 27.5. The van der Waals surface area contributed by atoms with E-state index >= 15 is 4.39 Å². The number of hydrogen-bond donors (Lipinski definition) is 0. The third-order valence-electron chi connectivity index (χ3n) is 5.23. The maximum Gasteiger partial charge on any atom is 0.260 e. The largest absolute Gasteiger partial charge is 0.490 e. The van der Waals surface area contributed by atoms with Crippen LogP contribution < -0.4 is 9.64 Å². The Morgan fingerprint density at radius 2 is 2.00 bits per heavy atom. The first-order valence-electron chi connectivity index (χ1n) is 9.20. The Morgan fingerprint density at radius 1 is 1.21 bits per heavy atom. The summed E-state index contributed by atoms with van der Waals surface area (Å²) < 4.78 is 35.0. The van der Waals surface area contributed by atoms with Crippen molar-refractivity contribution in [2.45, 2.75) is 25.1 Å². The van der Waals surface area contributed by atoms with Crippen molar-refractivity contribution in [2.75, 3.05) is 31.1 Å². The Morgan fingerprint density at radius 3 is 2.72 bits per heavy atom. The fourth-order valence-electron chi connectivity index (χ4n) is 3.68. The third kappa shape index (κ3) is 3.55. The summed E-state index contributed by atoms with van der Waals surface area (Å²) in [5, 5.41) is 9.19. The summed E-state index contributed by atoms with van der Waals surface area (Å²) in [6, 6.07) is 2.01. The number of piperidine rings is 1. The molecule has 4 heterocycles. The average Bonchev–Trinajstić information content (AvgIpc) is 2.96. The predicted octanol–water partition coefficient (Wildman–Crippen LogP) is 1.61. The van der Waals surface area contributed by atoms with Gasteiger partial charge in [0.1, 0.15) is 30.3 Å². The van der Waals surface area contributed by atoms with Crippen molar-refractivity contribution in [1.82, 2.24) is 19.9 Å². The maximum atomic E-state index is 15.5. The molecule has 2 aliphatic heterocycles. The highest BCUT2D eigenvalue weighted by Crippen LogP contribution is 2.33. The molecule has 0 unspecified atom stereocenters. The standard InChI is InChI=1S/C19H18F2N6O2/c20-15-10-24-12-25-17(15)26-3-1-19(21,2-4-26)18(28)27-5-6-29-16-13(7-22)8-23-9-14(16)11-27/h8-10,12H,1-6,11H2. The number of alkyl halides is 1. The second-order valence-corrected chi connectivity index (χ2v) is 7.01. The monoisotopic (exact) mass is 400 g/mol. The van der Waals surface area contributed by atoms with Crippen molar-refractivity contribution in [1.29, 1.82) is 5.26 Å². The average molecular weight is 400 g/mol. The number of aromatic nitrogens is 3. The zero-order chi connectivity index (χ0) is 20.4. The first-order chi connectivity index (χ1) is 14.0. The topological polar surface area (TPSA) is 95.2 Å². The normalized spacial score (nSPS) is 18.2. The van der Waals surface area contributed by atoms with Crippen LogP contribution in [0.5, 0.6) is 5.75 Å². The molecule has 0 saturated carbocycles. The second-order valence-electron chi connectivity index (χ2n) is 7.01. The Balaban J connectivity index is 1.48. The molecule has 0 N–H and O–H groups in total. The molecule has 10 heteroatoms. The van der Waals surface area contributed by atoms with Crippen molar-refractivity contribution in [3.8, 4) is 11.8 Å². The molecule has 1 fully saturated rings. The van der Waals surface area contributed by atoms with Gasteiger partial charge in [-0.25, -0.2) is 18.7 Å². The molecule has 1 saturated heterocycles. The van der Waals surface area contributed by atoms with Crippen LogP contribution in [0, 0.1) is 17.1 Å². The summed E-state index contributed by atoms with van der Waals surface area (Å²) >= 11 is 0. The van der Waals surface area contributed by atoms with Crippen molar-refractivity contribution in [2.24, 2.45) is 0 Å². The molecule has 2 aromatic rings. The lowest BCUT2D eigenvalue weighted by Crippen LogP contribution is -2.53. The SMILES string of the molecule is N#Cc1cncc2c1OCCN(C(=O)C1(F)CCN(c3ncncc3F)CC1)C2. The van der Waals surface area contributed by atoms with Crippen LogP contribution >= 0.6 is 0 Å². The molecule has 0 aliphatic carbocycles. The minimum atomic E-state index is -2.05.